The third-order valence-electron chi connectivity index (χ3n) is 2.31. The van der Waals surface area contributed by atoms with Crippen LogP contribution in [-0.2, 0) is 4.79 Å². The van der Waals surface area contributed by atoms with Crippen molar-refractivity contribution in [2.45, 2.75) is 25.6 Å². The Labute approximate surface area is 107 Å². The smallest absolute Gasteiger partial charge is 0.426 e. The van der Waals surface area contributed by atoms with Gasteiger partial charge < -0.3 is 14.6 Å². The highest BCUT2D eigenvalue weighted by Gasteiger charge is 2.43. The molecule has 0 heterocycles. The molecule has 0 amide bonds. The van der Waals surface area contributed by atoms with Crippen molar-refractivity contribution in [1.82, 2.24) is 0 Å². The summed E-state index contributed by atoms with van der Waals surface area (Å²) in [6.45, 7) is 1.74. The number of carboxylic acid groups (broad SMARTS) is 1. The van der Waals surface area contributed by atoms with Crippen molar-refractivity contribution in [2.75, 3.05) is 7.11 Å². The molecule has 0 aliphatic rings. The molecule has 0 saturated heterocycles. The summed E-state index contributed by atoms with van der Waals surface area (Å²) in [4.78, 5) is 10.4. The third-order valence-corrected chi connectivity index (χ3v) is 2.31. The molecule has 0 radical (unpaired) electrons. The van der Waals surface area contributed by atoms with E-state index >= 15 is 0 Å². The lowest BCUT2D eigenvalue weighted by Gasteiger charge is -2.21. The Morgan fingerprint density at radius 3 is 2.47 bits per heavy atom. The number of aliphatic carboxylic acids is 1. The van der Waals surface area contributed by atoms with Crippen LogP contribution in [0.2, 0.25) is 0 Å². The molecule has 1 rings (SSSR count). The SMILES string of the molecule is COc1cc(C)ccc1OC(CC(=O)O)C(F)(F)F. The molecule has 1 aromatic rings. The van der Waals surface area contributed by atoms with Crippen LogP contribution in [0.15, 0.2) is 18.2 Å². The highest BCUT2D eigenvalue weighted by molar-refractivity contribution is 5.67. The maximum atomic E-state index is 12.7. The lowest BCUT2D eigenvalue weighted by Crippen LogP contribution is -2.36. The molecule has 1 unspecified atom stereocenters. The zero-order valence-corrected chi connectivity index (χ0v) is 10.3. The van der Waals surface area contributed by atoms with Crippen molar-refractivity contribution in [1.29, 1.82) is 0 Å². The number of benzene rings is 1. The van der Waals surface area contributed by atoms with Crippen LogP contribution in [0, 0.1) is 6.92 Å². The topological polar surface area (TPSA) is 55.8 Å². The summed E-state index contributed by atoms with van der Waals surface area (Å²) in [5.74, 6) is -1.61. The molecule has 0 bridgehead atoms. The Kier molecular flexibility index (Phi) is 4.63. The van der Waals surface area contributed by atoms with Gasteiger partial charge in [-0.25, -0.2) is 0 Å². The van der Waals surface area contributed by atoms with Gasteiger partial charge in [-0.2, -0.15) is 13.2 Å². The number of carboxylic acids is 1. The van der Waals surface area contributed by atoms with Gasteiger partial charge in [-0.05, 0) is 24.6 Å². The van der Waals surface area contributed by atoms with Gasteiger partial charge in [0.2, 0.25) is 6.10 Å². The van der Waals surface area contributed by atoms with Crippen LogP contribution in [0.25, 0.3) is 0 Å². The number of rotatable bonds is 5. The average molecular weight is 278 g/mol. The van der Waals surface area contributed by atoms with E-state index in [1.54, 1.807) is 13.0 Å². The second-order valence-electron chi connectivity index (χ2n) is 3.90. The van der Waals surface area contributed by atoms with E-state index in [2.05, 4.69) is 0 Å². The molecular weight excluding hydrogens is 265 g/mol. The Morgan fingerprint density at radius 1 is 1.37 bits per heavy atom. The van der Waals surface area contributed by atoms with Gasteiger partial charge in [0.05, 0.1) is 13.5 Å². The zero-order valence-electron chi connectivity index (χ0n) is 10.3. The summed E-state index contributed by atoms with van der Waals surface area (Å²) >= 11 is 0. The van der Waals surface area contributed by atoms with Crippen molar-refractivity contribution in [3.8, 4) is 11.5 Å². The summed E-state index contributed by atoms with van der Waals surface area (Å²) in [6, 6.07) is 4.37. The summed E-state index contributed by atoms with van der Waals surface area (Å²) in [5.41, 5.74) is 0.783. The third kappa shape index (κ3) is 4.35. The predicted molar refractivity (Wildman–Crippen MR) is 60.5 cm³/mol. The first-order valence-corrected chi connectivity index (χ1v) is 5.34. The van der Waals surface area contributed by atoms with Gasteiger partial charge in [0.15, 0.2) is 11.5 Å². The van der Waals surface area contributed by atoms with Crippen LogP contribution in [0.5, 0.6) is 11.5 Å². The van der Waals surface area contributed by atoms with Crippen LogP contribution < -0.4 is 9.47 Å². The number of ether oxygens (including phenoxy) is 2. The standard InChI is InChI=1S/C12H13F3O4/c1-7-3-4-8(9(5-7)18-2)19-10(6-11(16)17)12(13,14)15/h3-5,10H,6H2,1-2H3,(H,16,17). The van der Waals surface area contributed by atoms with Gasteiger partial charge in [0, 0.05) is 0 Å². The first-order valence-electron chi connectivity index (χ1n) is 5.34. The minimum atomic E-state index is -4.77. The van der Waals surface area contributed by atoms with Crippen molar-refractivity contribution in [3.63, 3.8) is 0 Å². The van der Waals surface area contributed by atoms with E-state index in [-0.39, 0.29) is 11.5 Å². The molecule has 19 heavy (non-hydrogen) atoms. The van der Waals surface area contributed by atoms with Gasteiger partial charge in [0.25, 0.3) is 0 Å². The summed E-state index contributed by atoms with van der Waals surface area (Å²) < 4.78 is 47.6. The summed E-state index contributed by atoms with van der Waals surface area (Å²) in [7, 11) is 1.29. The maximum Gasteiger partial charge on any atom is 0.426 e. The second kappa shape index (κ2) is 5.81. The molecule has 0 fully saturated rings. The van der Waals surface area contributed by atoms with E-state index in [1.807, 2.05) is 0 Å². The van der Waals surface area contributed by atoms with Gasteiger partial charge in [-0.3, -0.25) is 4.79 Å². The van der Waals surface area contributed by atoms with Crippen molar-refractivity contribution >= 4 is 5.97 Å². The van der Waals surface area contributed by atoms with E-state index in [1.165, 1.54) is 19.2 Å². The Morgan fingerprint density at radius 2 is 2.00 bits per heavy atom. The fourth-order valence-corrected chi connectivity index (χ4v) is 1.41. The molecule has 0 saturated carbocycles. The van der Waals surface area contributed by atoms with Crippen LogP contribution in [-0.4, -0.2) is 30.5 Å². The molecule has 1 aromatic carbocycles. The van der Waals surface area contributed by atoms with Crippen LogP contribution in [0.3, 0.4) is 0 Å². The molecule has 1 atom stereocenters. The lowest BCUT2D eigenvalue weighted by molar-refractivity contribution is -0.200. The average Bonchev–Trinajstić information content (AvgIpc) is 2.28. The Hall–Kier alpha value is -1.92. The fraction of sp³-hybridized carbons (Fsp3) is 0.417. The predicted octanol–water partition coefficient (Wildman–Crippen LogP) is 2.79. The molecular formula is C12H13F3O4. The fourth-order valence-electron chi connectivity index (χ4n) is 1.41. The number of carbonyl (C=O) groups is 1. The van der Waals surface area contributed by atoms with Gasteiger partial charge in [0.1, 0.15) is 0 Å². The first-order chi connectivity index (χ1) is 8.74. The number of aryl methyl sites for hydroxylation is 1. The molecule has 0 aliphatic heterocycles. The molecule has 0 spiro atoms. The summed E-state index contributed by atoms with van der Waals surface area (Å²) in [6.07, 6.45) is -8.35. The Bertz CT molecular complexity index is 457. The molecule has 0 aromatic heterocycles. The van der Waals surface area contributed by atoms with E-state index < -0.39 is 24.7 Å². The summed E-state index contributed by atoms with van der Waals surface area (Å²) in [5, 5.41) is 8.48. The van der Waals surface area contributed by atoms with E-state index in [9.17, 15) is 18.0 Å². The van der Waals surface area contributed by atoms with Crippen LogP contribution in [0.1, 0.15) is 12.0 Å². The highest BCUT2D eigenvalue weighted by atomic mass is 19.4. The zero-order chi connectivity index (χ0) is 14.6. The molecule has 0 aliphatic carbocycles. The molecule has 4 nitrogen and oxygen atoms in total. The quantitative estimate of drug-likeness (QED) is 0.899. The van der Waals surface area contributed by atoms with Gasteiger partial charge in [-0.1, -0.05) is 6.07 Å². The lowest BCUT2D eigenvalue weighted by atomic mass is 10.2. The number of alkyl halides is 3. The van der Waals surface area contributed by atoms with Crippen LogP contribution >= 0.6 is 0 Å². The number of hydrogen-bond acceptors (Lipinski definition) is 3. The van der Waals surface area contributed by atoms with Crippen molar-refractivity contribution in [3.05, 3.63) is 23.8 Å². The first kappa shape index (κ1) is 15.1. The minimum Gasteiger partial charge on any atom is -0.493 e. The number of methoxy groups -OCH3 is 1. The highest BCUT2D eigenvalue weighted by Crippen LogP contribution is 2.33. The van der Waals surface area contributed by atoms with Crippen molar-refractivity contribution in [2.24, 2.45) is 0 Å². The van der Waals surface area contributed by atoms with E-state index in [4.69, 9.17) is 14.6 Å². The van der Waals surface area contributed by atoms with E-state index in [0.717, 1.165) is 5.56 Å². The van der Waals surface area contributed by atoms with Crippen molar-refractivity contribution < 1.29 is 32.5 Å². The largest absolute Gasteiger partial charge is 0.493 e. The van der Waals surface area contributed by atoms with Gasteiger partial charge >= 0.3 is 12.1 Å². The Balaban J connectivity index is 2.99. The molecule has 7 heteroatoms. The monoisotopic (exact) mass is 278 g/mol. The normalized spacial score (nSPS) is 12.9. The minimum absolute atomic E-state index is 0.125. The number of hydrogen-bond donors (Lipinski definition) is 1. The number of halogens is 3. The van der Waals surface area contributed by atoms with Gasteiger partial charge in [-0.15, -0.1) is 0 Å². The van der Waals surface area contributed by atoms with Crippen LogP contribution in [0.4, 0.5) is 13.2 Å². The molecule has 106 valence electrons. The molecule has 1 N–H and O–H groups in total. The van der Waals surface area contributed by atoms with E-state index in [0.29, 0.717) is 0 Å². The maximum absolute atomic E-state index is 12.7. The second-order valence-corrected chi connectivity index (χ2v) is 3.90.